The summed E-state index contributed by atoms with van der Waals surface area (Å²) in [5, 5.41) is 0.243. The summed E-state index contributed by atoms with van der Waals surface area (Å²) in [6.45, 7) is 0. The Balaban J connectivity index is 2.69. The maximum absolute atomic E-state index is 11.4. The summed E-state index contributed by atoms with van der Waals surface area (Å²) in [5.41, 5.74) is 0.407. The Morgan fingerprint density at radius 1 is 1.47 bits per heavy atom. The second-order valence-corrected chi connectivity index (χ2v) is 5.44. The Hall–Kier alpha value is -0.520. The van der Waals surface area contributed by atoms with Crippen LogP contribution >= 0.6 is 23.2 Å². The van der Waals surface area contributed by atoms with Gasteiger partial charge in [-0.25, -0.2) is 13.4 Å². The summed E-state index contributed by atoms with van der Waals surface area (Å²) in [4.78, 5) is 3.74. The molecule has 7 heteroatoms. The van der Waals surface area contributed by atoms with Crippen molar-refractivity contribution in [3.63, 3.8) is 0 Å². The Bertz CT molecular complexity index is 422. The van der Waals surface area contributed by atoms with Gasteiger partial charge < -0.3 is 0 Å². The van der Waals surface area contributed by atoms with E-state index < -0.39 is 10.0 Å². The number of nitrogens with one attached hydrogen (secondary N) is 1. The van der Waals surface area contributed by atoms with Crippen molar-refractivity contribution in [1.29, 1.82) is 0 Å². The van der Waals surface area contributed by atoms with E-state index >= 15 is 0 Å². The normalized spacial score (nSPS) is 11.3. The molecule has 1 rings (SSSR count). The molecule has 4 nitrogen and oxygen atoms in total. The maximum atomic E-state index is 11.4. The quantitative estimate of drug-likeness (QED) is 0.657. The van der Waals surface area contributed by atoms with Gasteiger partial charge >= 0.3 is 0 Å². The lowest BCUT2D eigenvalue weighted by atomic mass is 10.4. The zero-order valence-electron chi connectivity index (χ0n) is 7.78. The molecule has 0 bridgehead atoms. The molecule has 0 saturated heterocycles. The molecule has 1 aromatic rings. The molecule has 84 valence electrons. The van der Waals surface area contributed by atoms with Crippen LogP contribution in [0.3, 0.4) is 0 Å². The summed E-state index contributed by atoms with van der Waals surface area (Å²) in [7, 11) is -3.33. The maximum Gasteiger partial charge on any atom is 0.232 e. The van der Waals surface area contributed by atoms with E-state index in [1.807, 2.05) is 0 Å². The highest BCUT2D eigenvalue weighted by Gasteiger charge is 2.09. The third-order valence-electron chi connectivity index (χ3n) is 1.55. The molecular formula is C8H10Cl2N2O2S. The molecule has 0 atom stereocenters. The topological polar surface area (TPSA) is 59.1 Å². The van der Waals surface area contributed by atoms with Crippen LogP contribution in [0.5, 0.6) is 0 Å². The lowest BCUT2D eigenvalue weighted by Crippen LogP contribution is -2.16. The minimum atomic E-state index is -3.33. The van der Waals surface area contributed by atoms with Crippen LogP contribution in [-0.2, 0) is 10.0 Å². The number of rotatable bonds is 5. The van der Waals surface area contributed by atoms with Gasteiger partial charge in [0, 0.05) is 12.1 Å². The molecule has 1 aromatic heterocycles. The van der Waals surface area contributed by atoms with Gasteiger partial charge in [0.15, 0.2) is 0 Å². The molecular weight excluding hydrogens is 259 g/mol. The fourth-order valence-corrected chi connectivity index (χ4v) is 2.52. The van der Waals surface area contributed by atoms with E-state index in [1.165, 1.54) is 18.3 Å². The van der Waals surface area contributed by atoms with Crippen LogP contribution in [0, 0.1) is 0 Å². The van der Waals surface area contributed by atoms with Gasteiger partial charge in [-0.2, -0.15) is 0 Å². The number of sulfonamides is 1. The summed E-state index contributed by atoms with van der Waals surface area (Å²) < 4.78 is 25.3. The molecule has 0 aliphatic rings. The average Bonchev–Trinajstić information content (AvgIpc) is 2.14. The number of nitrogens with zero attached hydrogens (tertiary/aromatic N) is 1. The highest BCUT2D eigenvalue weighted by atomic mass is 35.5. The first-order valence-corrected chi connectivity index (χ1v) is 6.78. The average molecular weight is 269 g/mol. The summed E-state index contributed by atoms with van der Waals surface area (Å²) in [6, 6.07) is 2.98. The molecule has 1 heterocycles. The zero-order valence-corrected chi connectivity index (χ0v) is 10.1. The van der Waals surface area contributed by atoms with E-state index in [-0.39, 0.29) is 10.9 Å². The third-order valence-corrected chi connectivity index (χ3v) is 3.39. The van der Waals surface area contributed by atoms with Gasteiger partial charge in [0.25, 0.3) is 0 Å². The molecule has 0 saturated carbocycles. The van der Waals surface area contributed by atoms with Crippen molar-refractivity contribution < 1.29 is 8.42 Å². The van der Waals surface area contributed by atoms with E-state index in [9.17, 15) is 8.42 Å². The smallest absolute Gasteiger partial charge is 0.232 e. The third kappa shape index (κ3) is 4.68. The van der Waals surface area contributed by atoms with Crippen LogP contribution in [0.4, 0.5) is 5.69 Å². The van der Waals surface area contributed by atoms with Crippen LogP contribution in [0.1, 0.15) is 6.42 Å². The highest BCUT2D eigenvalue weighted by Crippen LogP contribution is 2.13. The SMILES string of the molecule is O=S(=O)(CCCCl)Nc1ccnc(Cl)c1. The van der Waals surface area contributed by atoms with Gasteiger partial charge in [-0.05, 0) is 18.6 Å². The molecule has 1 N–H and O–H groups in total. The minimum absolute atomic E-state index is 0.00353. The fourth-order valence-electron chi connectivity index (χ4n) is 0.941. The molecule has 0 aromatic carbocycles. The van der Waals surface area contributed by atoms with E-state index in [0.29, 0.717) is 18.0 Å². The number of halogens is 2. The predicted molar refractivity (Wildman–Crippen MR) is 62.0 cm³/mol. The van der Waals surface area contributed by atoms with Crippen molar-refractivity contribution in [1.82, 2.24) is 4.98 Å². The van der Waals surface area contributed by atoms with E-state index in [2.05, 4.69) is 9.71 Å². The zero-order chi connectivity index (χ0) is 11.3. The number of pyridine rings is 1. The Morgan fingerprint density at radius 2 is 2.20 bits per heavy atom. The second kappa shape index (κ2) is 5.53. The first kappa shape index (κ1) is 12.5. The van der Waals surface area contributed by atoms with Gasteiger partial charge in [-0.15, -0.1) is 11.6 Å². The summed E-state index contributed by atoms with van der Waals surface area (Å²) in [5.74, 6) is 0.314. The highest BCUT2D eigenvalue weighted by molar-refractivity contribution is 7.92. The molecule has 0 amide bonds. The van der Waals surface area contributed by atoms with Gasteiger partial charge in [-0.1, -0.05) is 11.6 Å². The van der Waals surface area contributed by atoms with E-state index in [1.54, 1.807) is 0 Å². The van der Waals surface area contributed by atoms with Crippen LogP contribution in [0.2, 0.25) is 5.15 Å². The standard InChI is InChI=1S/C8H10Cl2N2O2S/c9-3-1-5-15(13,14)12-7-2-4-11-8(10)6-7/h2,4,6H,1,3,5H2,(H,11,12). The number of hydrogen-bond acceptors (Lipinski definition) is 3. The van der Waals surface area contributed by atoms with Crippen LogP contribution < -0.4 is 4.72 Å². The molecule has 0 radical (unpaired) electrons. The molecule has 0 fully saturated rings. The predicted octanol–water partition coefficient (Wildman–Crippen LogP) is 2.11. The second-order valence-electron chi connectivity index (χ2n) is 2.83. The largest absolute Gasteiger partial charge is 0.283 e. The van der Waals surface area contributed by atoms with Crippen LogP contribution in [0.25, 0.3) is 0 Å². The summed E-state index contributed by atoms with van der Waals surface area (Å²) >= 11 is 11.0. The first-order valence-electron chi connectivity index (χ1n) is 4.21. The molecule has 0 spiro atoms. The monoisotopic (exact) mass is 268 g/mol. The van der Waals surface area contributed by atoms with E-state index in [0.717, 1.165) is 0 Å². The van der Waals surface area contributed by atoms with Gasteiger partial charge in [0.2, 0.25) is 10.0 Å². The van der Waals surface area contributed by atoms with Crippen molar-refractivity contribution >= 4 is 38.9 Å². The number of hydrogen-bond donors (Lipinski definition) is 1. The van der Waals surface area contributed by atoms with Crippen molar-refractivity contribution in [2.45, 2.75) is 6.42 Å². The van der Waals surface area contributed by atoms with Gasteiger partial charge in [-0.3, -0.25) is 4.72 Å². The number of alkyl halides is 1. The van der Waals surface area contributed by atoms with Crippen LogP contribution in [0.15, 0.2) is 18.3 Å². The minimum Gasteiger partial charge on any atom is -0.283 e. The molecule has 0 aliphatic carbocycles. The van der Waals surface area contributed by atoms with Crippen LogP contribution in [-0.4, -0.2) is 25.0 Å². The van der Waals surface area contributed by atoms with Crippen molar-refractivity contribution in [2.75, 3.05) is 16.4 Å². The number of aromatic nitrogens is 1. The van der Waals surface area contributed by atoms with Crippen molar-refractivity contribution in [3.05, 3.63) is 23.5 Å². The van der Waals surface area contributed by atoms with E-state index in [4.69, 9.17) is 23.2 Å². The van der Waals surface area contributed by atoms with Crippen molar-refractivity contribution in [2.24, 2.45) is 0 Å². The lowest BCUT2D eigenvalue weighted by molar-refractivity contribution is 0.600. The molecule has 0 unspecified atom stereocenters. The molecule has 0 aliphatic heterocycles. The Kier molecular flexibility index (Phi) is 4.63. The van der Waals surface area contributed by atoms with Gasteiger partial charge in [0.1, 0.15) is 5.15 Å². The lowest BCUT2D eigenvalue weighted by Gasteiger charge is -2.06. The van der Waals surface area contributed by atoms with Crippen molar-refractivity contribution in [3.8, 4) is 0 Å². The Labute approximate surface area is 98.7 Å². The number of anilines is 1. The first-order chi connectivity index (χ1) is 7.03. The molecule has 15 heavy (non-hydrogen) atoms. The van der Waals surface area contributed by atoms with Gasteiger partial charge in [0.05, 0.1) is 11.4 Å². The Morgan fingerprint density at radius 3 is 2.80 bits per heavy atom. The fraction of sp³-hybridized carbons (Fsp3) is 0.375. The summed E-state index contributed by atoms with van der Waals surface area (Å²) in [6.07, 6.45) is 1.84.